The van der Waals surface area contributed by atoms with Crippen LogP contribution in [0.5, 0.6) is 5.75 Å². The zero-order valence-electron chi connectivity index (χ0n) is 5.92. The molecule has 0 aliphatic carbocycles. The van der Waals surface area contributed by atoms with Gasteiger partial charge in [-0.15, -0.1) is 11.8 Å². The zero-order chi connectivity index (χ0) is 7.40. The number of ether oxygens (including phenoxy) is 1. The van der Waals surface area contributed by atoms with Gasteiger partial charge in [0.15, 0.2) is 0 Å². The molecule has 3 heteroatoms. The van der Waals surface area contributed by atoms with Gasteiger partial charge in [-0.1, -0.05) is 0 Å². The van der Waals surface area contributed by atoms with Crippen LogP contribution in [0.1, 0.15) is 0 Å². The van der Waals surface area contributed by atoms with Gasteiger partial charge in [-0.3, -0.25) is 0 Å². The molecular formula is C7H8NOS. The minimum Gasteiger partial charge on any atom is -0.494 e. The third-order valence-electron chi connectivity index (χ3n) is 1.10. The zero-order valence-corrected chi connectivity index (χ0v) is 6.73. The van der Waals surface area contributed by atoms with Crippen LogP contribution in [0.4, 0.5) is 0 Å². The fourth-order valence-corrected chi connectivity index (χ4v) is 0.957. The van der Waals surface area contributed by atoms with Crippen molar-refractivity contribution in [2.24, 2.45) is 0 Å². The molecule has 0 fully saturated rings. The van der Waals surface area contributed by atoms with E-state index in [1.807, 2.05) is 12.3 Å². The van der Waals surface area contributed by atoms with Crippen LogP contribution in [0.15, 0.2) is 17.2 Å². The van der Waals surface area contributed by atoms with Crippen molar-refractivity contribution in [3.63, 3.8) is 0 Å². The standard InChI is InChI=1S/C7H8NOS/c1-9-6-3-7(10-2)5-8-4-6/h3,5H,1-2H3. The minimum atomic E-state index is 0.687. The molecule has 2 nitrogen and oxygen atoms in total. The summed E-state index contributed by atoms with van der Waals surface area (Å²) in [6.07, 6.45) is 6.46. The maximum absolute atomic E-state index is 4.93. The number of hydrogen-bond acceptors (Lipinski definition) is 3. The summed E-state index contributed by atoms with van der Waals surface area (Å²) in [5, 5.41) is 0. The van der Waals surface area contributed by atoms with E-state index in [9.17, 15) is 0 Å². The second-order valence-electron chi connectivity index (χ2n) is 1.69. The predicted octanol–water partition coefficient (Wildman–Crippen LogP) is 1.61. The molecule has 53 valence electrons. The van der Waals surface area contributed by atoms with Gasteiger partial charge in [-0.25, -0.2) is 4.98 Å². The minimum absolute atomic E-state index is 0.687. The molecule has 0 bridgehead atoms. The lowest BCUT2D eigenvalue weighted by atomic mass is 10.5. The van der Waals surface area contributed by atoms with Gasteiger partial charge >= 0.3 is 0 Å². The summed E-state index contributed by atoms with van der Waals surface area (Å²) in [5.41, 5.74) is 0. The number of pyridine rings is 1. The van der Waals surface area contributed by atoms with E-state index in [0.29, 0.717) is 5.75 Å². The summed E-state index contributed by atoms with van der Waals surface area (Å²) in [4.78, 5) is 4.95. The molecule has 0 aliphatic rings. The van der Waals surface area contributed by atoms with Crippen LogP contribution in [-0.4, -0.2) is 18.3 Å². The molecule has 0 N–H and O–H groups in total. The van der Waals surface area contributed by atoms with Crippen molar-refractivity contribution in [3.8, 4) is 5.75 Å². The van der Waals surface area contributed by atoms with Crippen molar-refractivity contribution >= 4 is 11.8 Å². The largest absolute Gasteiger partial charge is 0.494 e. The number of hydrogen-bond donors (Lipinski definition) is 0. The van der Waals surface area contributed by atoms with Crippen LogP contribution in [0, 0.1) is 6.20 Å². The number of thioether (sulfide) groups is 1. The summed E-state index contributed by atoms with van der Waals surface area (Å²) in [7, 11) is 1.61. The Bertz CT molecular complexity index is 195. The molecule has 0 aliphatic heterocycles. The van der Waals surface area contributed by atoms with E-state index in [0.717, 1.165) is 4.90 Å². The number of methoxy groups -OCH3 is 1. The van der Waals surface area contributed by atoms with Crippen LogP contribution in [0.3, 0.4) is 0 Å². The Morgan fingerprint density at radius 2 is 2.50 bits per heavy atom. The number of rotatable bonds is 2. The van der Waals surface area contributed by atoms with E-state index in [2.05, 4.69) is 11.2 Å². The summed E-state index contributed by atoms with van der Waals surface area (Å²) in [6, 6.07) is 1.90. The van der Waals surface area contributed by atoms with E-state index >= 15 is 0 Å². The molecule has 1 radical (unpaired) electrons. The van der Waals surface area contributed by atoms with Crippen molar-refractivity contribution in [1.82, 2.24) is 4.98 Å². The lowest BCUT2D eigenvalue weighted by molar-refractivity contribution is 0.410. The van der Waals surface area contributed by atoms with Gasteiger partial charge in [0.05, 0.1) is 7.11 Å². The first kappa shape index (κ1) is 7.41. The Kier molecular flexibility index (Phi) is 2.57. The Morgan fingerprint density at radius 1 is 1.70 bits per heavy atom. The average molecular weight is 154 g/mol. The fourth-order valence-electron chi connectivity index (χ4n) is 0.574. The molecule has 0 spiro atoms. The van der Waals surface area contributed by atoms with Gasteiger partial charge in [0.1, 0.15) is 11.9 Å². The van der Waals surface area contributed by atoms with E-state index in [1.165, 1.54) is 0 Å². The highest BCUT2D eigenvalue weighted by Gasteiger charge is 1.93. The smallest absolute Gasteiger partial charge is 0.148 e. The van der Waals surface area contributed by atoms with Gasteiger partial charge < -0.3 is 4.74 Å². The molecule has 10 heavy (non-hydrogen) atoms. The van der Waals surface area contributed by atoms with E-state index in [-0.39, 0.29) is 0 Å². The molecule has 1 rings (SSSR count). The van der Waals surface area contributed by atoms with E-state index in [4.69, 9.17) is 4.74 Å². The molecule has 0 saturated heterocycles. The summed E-state index contributed by atoms with van der Waals surface area (Å²) in [5.74, 6) is 0.687. The molecule has 0 aromatic carbocycles. The Balaban J connectivity index is 2.87. The van der Waals surface area contributed by atoms with E-state index < -0.39 is 0 Å². The second kappa shape index (κ2) is 3.46. The SMILES string of the molecule is COc1[c]ncc(SC)c1. The van der Waals surface area contributed by atoms with Gasteiger partial charge in [-0.05, 0) is 12.3 Å². The highest BCUT2D eigenvalue weighted by molar-refractivity contribution is 7.98. The van der Waals surface area contributed by atoms with Crippen molar-refractivity contribution in [1.29, 1.82) is 0 Å². The quantitative estimate of drug-likeness (QED) is 0.604. The molecule has 0 amide bonds. The van der Waals surface area contributed by atoms with Gasteiger partial charge in [0, 0.05) is 11.1 Å². The van der Waals surface area contributed by atoms with Crippen LogP contribution < -0.4 is 4.74 Å². The molecule has 1 heterocycles. The first-order chi connectivity index (χ1) is 4.86. The van der Waals surface area contributed by atoms with Gasteiger partial charge in [0.2, 0.25) is 0 Å². The first-order valence-electron chi connectivity index (χ1n) is 2.82. The molecular weight excluding hydrogens is 146 g/mol. The van der Waals surface area contributed by atoms with Crippen LogP contribution in [0.25, 0.3) is 0 Å². The lowest BCUT2D eigenvalue weighted by Gasteiger charge is -1.98. The number of aromatic nitrogens is 1. The van der Waals surface area contributed by atoms with Gasteiger partial charge in [-0.2, -0.15) is 0 Å². The normalized spacial score (nSPS) is 9.40. The maximum Gasteiger partial charge on any atom is 0.148 e. The van der Waals surface area contributed by atoms with Crippen molar-refractivity contribution in [3.05, 3.63) is 18.5 Å². The molecule has 1 aromatic rings. The molecule has 0 saturated carbocycles. The monoisotopic (exact) mass is 154 g/mol. The highest BCUT2D eigenvalue weighted by atomic mass is 32.2. The maximum atomic E-state index is 4.93. The van der Waals surface area contributed by atoms with Crippen LogP contribution in [0.2, 0.25) is 0 Å². The third-order valence-corrected chi connectivity index (χ3v) is 1.79. The third kappa shape index (κ3) is 1.64. The van der Waals surface area contributed by atoms with Crippen LogP contribution >= 0.6 is 11.8 Å². The lowest BCUT2D eigenvalue weighted by Crippen LogP contribution is -1.84. The van der Waals surface area contributed by atoms with Crippen LogP contribution in [-0.2, 0) is 0 Å². The van der Waals surface area contributed by atoms with Gasteiger partial charge in [0.25, 0.3) is 0 Å². The summed E-state index contributed by atoms with van der Waals surface area (Å²) >= 11 is 1.64. The highest BCUT2D eigenvalue weighted by Crippen LogP contribution is 2.17. The number of nitrogens with zero attached hydrogens (tertiary/aromatic N) is 1. The summed E-state index contributed by atoms with van der Waals surface area (Å²) < 4.78 is 4.93. The summed E-state index contributed by atoms with van der Waals surface area (Å²) in [6.45, 7) is 0. The second-order valence-corrected chi connectivity index (χ2v) is 2.57. The average Bonchev–Trinajstić information content (AvgIpc) is 2.05. The predicted molar refractivity (Wildman–Crippen MR) is 41.4 cm³/mol. The molecule has 0 unspecified atom stereocenters. The van der Waals surface area contributed by atoms with E-state index in [1.54, 1.807) is 25.1 Å². The Morgan fingerprint density at radius 3 is 3.10 bits per heavy atom. The Hall–Kier alpha value is -0.700. The Labute approximate surface area is 64.6 Å². The fraction of sp³-hybridized carbons (Fsp3) is 0.286. The first-order valence-corrected chi connectivity index (χ1v) is 4.05. The topological polar surface area (TPSA) is 22.1 Å². The van der Waals surface area contributed by atoms with Crippen molar-refractivity contribution in [2.45, 2.75) is 4.90 Å². The van der Waals surface area contributed by atoms with Crippen molar-refractivity contribution in [2.75, 3.05) is 13.4 Å². The molecule has 1 aromatic heterocycles. The molecule has 0 atom stereocenters. The van der Waals surface area contributed by atoms with Crippen molar-refractivity contribution < 1.29 is 4.74 Å².